The second kappa shape index (κ2) is 6.21. The molecule has 1 atom stereocenters. The Morgan fingerprint density at radius 3 is 2.41 bits per heavy atom. The van der Waals surface area contributed by atoms with Crippen LogP contribution in [0.3, 0.4) is 0 Å². The van der Waals surface area contributed by atoms with Gasteiger partial charge in [0.2, 0.25) is 0 Å². The summed E-state index contributed by atoms with van der Waals surface area (Å²) in [6, 6.07) is 7.98. The summed E-state index contributed by atoms with van der Waals surface area (Å²) in [5.41, 5.74) is 2.14. The number of aliphatic hydroxyl groups is 1. The zero-order chi connectivity index (χ0) is 12.8. The van der Waals surface area contributed by atoms with E-state index in [0.717, 1.165) is 11.3 Å². The van der Waals surface area contributed by atoms with Crippen LogP contribution in [0.2, 0.25) is 0 Å². The van der Waals surface area contributed by atoms with Crippen LogP contribution in [0, 0.1) is 0 Å². The number of rotatable bonds is 5. The number of hydrogen-bond donors (Lipinski definition) is 1. The van der Waals surface area contributed by atoms with Crippen LogP contribution < -0.4 is 4.90 Å². The van der Waals surface area contributed by atoms with Crippen molar-refractivity contribution in [1.29, 1.82) is 0 Å². The highest BCUT2D eigenvalue weighted by atomic mass is 16.3. The van der Waals surface area contributed by atoms with E-state index in [1.54, 1.807) is 6.08 Å². The predicted octanol–water partition coefficient (Wildman–Crippen LogP) is 2.11. The van der Waals surface area contributed by atoms with Gasteiger partial charge < -0.3 is 10.0 Å². The maximum absolute atomic E-state index is 10.8. The normalized spacial score (nSPS) is 12.7. The van der Waals surface area contributed by atoms with Crippen molar-refractivity contribution in [3.05, 3.63) is 35.9 Å². The topological polar surface area (TPSA) is 40.5 Å². The number of Topliss-reactive ketones (excluding diaryl/α,β-unsaturated/α-hetero) is 1. The highest BCUT2D eigenvalue weighted by molar-refractivity contribution is 5.76. The van der Waals surface area contributed by atoms with Crippen molar-refractivity contribution < 1.29 is 9.90 Å². The molecule has 0 aliphatic heterocycles. The van der Waals surface area contributed by atoms with Crippen LogP contribution in [0.15, 0.2) is 30.3 Å². The smallest absolute Gasteiger partial charge is 0.132 e. The Balaban J connectivity index is 2.62. The first kappa shape index (κ1) is 13.5. The van der Waals surface area contributed by atoms with E-state index in [1.807, 2.05) is 49.3 Å². The Kier molecular flexibility index (Phi) is 4.91. The van der Waals surface area contributed by atoms with Crippen molar-refractivity contribution >= 4 is 17.5 Å². The minimum Gasteiger partial charge on any atom is -0.389 e. The minimum absolute atomic E-state index is 0.00916. The lowest BCUT2D eigenvalue weighted by atomic mass is 10.1. The lowest BCUT2D eigenvalue weighted by molar-refractivity contribution is -0.118. The van der Waals surface area contributed by atoms with Crippen LogP contribution in [0.1, 0.15) is 18.9 Å². The Morgan fingerprint density at radius 2 is 1.94 bits per heavy atom. The van der Waals surface area contributed by atoms with E-state index >= 15 is 0 Å². The van der Waals surface area contributed by atoms with Gasteiger partial charge in [0.25, 0.3) is 0 Å². The van der Waals surface area contributed by atoms with Gasteiger partial charge in [-0.2, -0.15) is 0 Å². The van der Waals surface area contributed by atoms with Gasteiger partial charge in [-0.05, 0) is 24.6 Å². The molecular formula is C14H19NO2. The van der Waals surface area contributed by atoms with Crippen LogP contribution in [-0.4, -0.2) is 31.1 Å². The molecule has 3 nitrogen and oxygen atoms in total. The zero-order valence-corrected chi connectivity index (χ0v) is 10.6. The molecule has 0 saturated carbocycles. The molecule has 1 aromatic rings. The fourth-order valence-corrected chi connectivity index (χ4v) is 1.47. The van der Waals surface area contributed by atoms with Gasteiger partial charge in [0, 0.05) is 26.2 Å². The van der Waals surface area contributed by atoms with Crippen LogP contribution in [0.4, 0.5) is 5.69 Å². The van der Waals surface area contributed by atoms with E-state index in [0.29, 0.717) is 0 Å². The van der Waals surface area contributed by atoms with E-state index in [4.69, 9.17) is 0 Å². The number of hydrogen-bond acceptors (Lipinski definition) is 3. The average Bonchev–Trinajstić information content (AvgIpc) is 2.26. The number of nitrogens with zero attached hydrogens (tertiary/aromatic N) is 1. The first-order valence-corrected chi connectivity index (χ1v) is 5.62. The average molecular weight is 233 g/mol. The summed E-state index contributed by atoms with van der Waals surface area (Å²) in [5.74, 6) is -0.00916. The summed E-state index contributed by atoms with van der Waals surface area (Å²) in [4.78, 5) is 12.8. The van der Waals surface area contributed by atoms with Crippen LogP contribution >= 0.6 is 0 Å². The second-order valence-electron chi connectivity index (χ2n) is 4.32. The molecule has 0 saturated heterocycles. The molecule has 1 N–H and O–H groups in total. The van der Waals surface area contributed by atoms with E-state index in [1.165, 1.54) is 6.92 Å². The highest BCUT2D eigenvalue weighted by Gasteiger charge is 2.02. The van der Waals surface area contributed by atoms with Crippen molar-refractivity contribution in [3.63, 3.8) is 0 Å². The molecule has 0 bridgehead atoms. The van der Waals surface area contributed by atoms with Gasteiger partial charge in [-0.25, -0.2) is 0 Å². The van der Waals surface area contributed by atoms with Gasteiger partial charge in [-0.1, -0.05) is 24.3 Å². The molecule has 0 radical (unpaired) electrons. The third-order valence-corrected chi connectivity index (χ3v) is 2.42. The van der Waals surface area contributed by atoms with Crippen molar-refractivity contribution in [2.24, 2.45) is 0 Å². The van der Waals surface area contributed by atoms with Crippen molar-refractivity contribution in [2.75, 3.05) is 19.0 Å². The van der Waals surface area contributed by atoms with Gasteiger partial charge >= 0.3 is 0 Å². The molecule has 0 aliphatic carbocycles. The van der Waals surface area contributed by atoms with Crippen LogP contribution in [-0.2, 0) is 4.79 Å². The predicted molar refractivity (Wildman–Crippen MR) is 71.1 cm³/mol. The molecule has 3 heteroatoms. The van der Waals surface area contributed by atoms with E-state index < -0.39 is 6.10 Å². The van der Waals surface area contributed by atoms with Crippen LogP contribution in [0.25, 0.3) is 6.08 Å². The number of ketones is 1. The van der Waals surface area contributed by atoms with Gasteiger partial charge in [0.05, 0.1) is 6.10 Å². The molecule has 0 heterocycles. The summed E-state index contributed by atoms with van der Waals surface area (Å²) >= 11 is 0. The molecule has 92 valence electrons. The van der Waals surface area contributed by atoms with E-state index in [-0.39, 0.29) is 12.2 Å². The maximum Gasteiger partial charge on any atom is 0.132 e. The van der Waals surface area contributed by atoms with Crippen molar-refractivity contribution in [3.8, 4) is 0 Å². The Hall–Kier alpha value is -1.61. The summed E-state index contributed by atoms with van der Waals surface area (Å²) in [5, 5.41) is 9.51. The zero-order valence-electron chi connectivity index (χ0n) is 10.6. The molecule has 0 amide bonds. The van der Waals surface area contributed by atoms with E-state index in [9.17, 15) is 9.90 Å². The van der Waals surface area contributed by atoms with Gasteiger partial charge in [-0.15, -0.1) is 0 Å². The first-order chi connectivity index (χ1) is 7.99. The van der Waals surface area contributed by atoms with Gasteiger partial charge in [0.15, 0.2) is 0 Å². The molecule has 0 fully saturated rings. The standard InChI is InChI=1S/C14H19NO2/c1-11(16)10-14(17)9-6-12-4-7-13(8-5-12)15(2)3/h4-9,14,17H,10H2,1-3H3. The molecule has 0 aliphatic rings. The molecule has 1 aromatic carbocycles. The molecular weight excluding hydrogens is 214 g/mol. The lowest BCUT2D eigenvalue weighted by Crippen LogP contribution is -2.08. The number of carbonyl (C=O) groups excluding carboxylic acids is 1. The van der Waals surface area contributed by atoms with E-state index in [2.05, 4.69) is 0 Å². The molecule has 0 aromatic heterocycles. The Morgan fingerprint density at radius 1 is 1.35 bits per heavy atom. The largest absolute Gasteiger partial charge is 0.389 e. The quantitative estimate of drug-likeness (QED) is 0.846. The minimum atomic E-state index is -0.693. The second-order valence-corrected chi connectivity index (χ2v) is 4.32. The fraction of sp³-hybridized carbons (Fsp3) is 0.357. The Bertz CT molecular complexity index is 393. The third kappa shape index (κ3) is 4.83. The van der Waals surface area contributed by atoms with Gasteiger partial charge in [0.1, 0.15) is 5.78 Å². The monoisotopic (exact) mass is 233 g/mol. The molecule has 17 heavy (non-hydrogen) atoms. The highest BCUT2D eigenvalue weighted by Crippen LogP contribution is 2.13. The molecule has 1 unspecified atom stereocenters. The maximum atomic E-state index is 10.8. The summed E-state index contributed by atoms with van der Waals surface area (Å²) in [6.07, 6.45) is 2.95. The summed E-state index contributed by atoms with van der Waals surface area (Å²) in [7, 11) is 3.98. The molecule has 0 spiro atoms. The van der Waals surface area contributed by atoms with Crippen LogP contribution in [0.5, 0.6) is 0 Å². The fourth-order valence-electron chi connectivity index (χ4n) is 1.47. The van der Waals surface area contributed by atoms with Crippen molar-refractivity contribution in [2.45, 2.75) is 19.4 Å². The SMILES string of the molecule is CC(=O)CC(O)C=Cc1ccc(N(C)C)cc1. The van der Waals surface area contributed by atoms with Gasteiger partial charge in [-0.3, -0.25) is 4.79 Å². The Labute approximate surface area is 102 Å². The number of benzene rings is 1. The third-order valence-electron chi connectivity index (χ3n) is 2.42. The summed E-state index contributed by atoms with van der Waals surface area (Å²) in [6.45, 7) is 1.48. The number of aliphatic hydroxyl groups excluding tert-OH is 1. The lowest BCUT2D eigenvalue weighted by Gasteiger charge is -2.11. The number of carbonyl (C=O) groups is 1. The number of anilines is 1. The first-order valence-electron chi connectivity index (χ1n) is 5.62. The summed E-state index contributed by atoms with van der Waals surface area (Å²) < 4.78 is 0. The molecule has 1 rings (SSSR count). The van der Waals surface area contributed by atoms with Crippen molar-refractivity contribution in [1.82, 2.24) is 0 Å².